The summed E-state index contributed by atoms with van der Waals surface area (Å²) < 4.78 is 2.03. The summed E-state index contributed by atoms with van der Waals surface area (Å²) in [6.45, 7) is 7.88. The van der Waals surface area contributed by atoms with E-state index in [0.29, 0.717) is 16.3 Å². The number of hydrogen-bond donors (Lipinski definition) is 1. The molecule has 1 saturated heterocycles. The van der Waals surface area contributed by atoms with Crippen molar-refractivity contribution >= 4 is 41.2 Å². The Labute approximate surface area is 197 Å². The number of amides is 4. The zero-order valence-electron chi connectivity index (χ0n) is 18.9. The number of hydrogen-bond acceptors (Lipinski definition) is 3. The summed E-state index contributed by atoms with van der Waals surface area (Å²) in [7, 11) is 0. The molecule has 1 aromatic heterocycles. The fourth-order valence-corrected chi connectivity index (χ4v) is 4.22. The molecule has 3 aromatic rings. The van der Waals surface area contributed by atoms with Gasteiger partial charge in [-0.1, -0.05) is 36.7 Å². The van der Waals surface area contributed by atoms with E-state index in [2.05, 4.69) is 5.32 Å². The fraction of sp³-hybridized carbons (Fsp3) is 0.192. The van der Waals surface area contributed by atoms with Crippen LogP contribution in [0.5, 0.6) is 0 Å². The minimum atomic E-state index is -0.758. The van der Waals surface area contributed by atoms with Crippen molar-refractivity contribution in [1.29, 1.82) is 0 Å². The van der Waals surface area contributed by atoms with E-state index in [4.69, 9.17) is 11.6 Å². The maximum absolute atomic E-state index is 13.2. The summed E-state index contributed by atoms with van der Waals surface area (Å²) in [5.41, 5.74) is 5.84. The van der Waals surface area contributed by atoms with Gasteiger partial charge in [0.05, 0.1) is 5.69 Å². The second-order valence-corrected chi connectivity index (χ2v) is 8.51. The number of anilines is 1. The zero-order chi connectivity index (χ0) is 23.9. The molecule has 1 aliphatic heterocycles. The van der Waals surface area contributed by atoms with Crippen LogP contribution in [-0.4, -0.2) is 22.4 Å². The molecule has 2 aromatic carbocycles. The zero-order valence-corrected chi connectivity index (χ0v) is 19.7. The average Bonchev–Trinajstić information content (AvgIpc) is 3.06. The first-order chi connectivity index (χ1) is 15.7. The Hall–Kier alpha value is -3.64. The predicted octanol–water partition coefficient (Wildman–Crippen LogP) is 5.28. The summed E-state index contributed by atoms with van der Waals surface area (Å²) in [5.74, 6) is -1.37. The second-order valence-electron chi connectivity index (χ2n) is 8.07. The lowest BCUT2D eigenvalue weighted by atomic mass is 10.1. The average molecular weight is 462 g/mol. The van der Waals surface area contributed by atoms with Crippen LogP contribution >= 0.6 is 11.6 Å². The van der Waals surface area contributed by atoms with E-state index in [9.17, 15) is 14.4 Å². The van der Waals surface area contributed by atoms with Gasteiger partial charge in [0, 0.05) is 22.1 Å². The number of carbonyl (C=O) groups is 3. The largest absolute Gasteiger partial charge is 0.335 e. The molecule has 1 aliphatic rings. The highest BCUT2D eigenvalue weighted by Gasteiger charge is 2.37. The molecule has 1 fully saturated rings. The van der Waals surface area contributed by atoms with Crippen molar-refractivity contribution in [3.8, 4) is 5.69 Å². The van der Waals surface area contributed by atoms with E-state index in [1.54, 1.807) is 12.1 Å². The monoisotopic (exact) mass is 461 g/mol. The highest BCUT2D eigenvalue weighted by atomic mass is 35.5. The molecule has 0 radical (unpaired) electrons. The molecule has 6 nitrogen and oxygen atoms in total. The molecule has 4 amide bonds. The fourth-order valence-electron chi connectivity index (χ4n) is 4.06. The number of carbonyl (C=O) groups excluding carboxylic acids is 3. The van der Waals surface area contributed by atoms with Gasteiger partial charge in [0.1, 0.15) is 5.57 Å². The summed E-state index contributed by atoms with van der Waals surface area (Å²) in [5, 5.41) is 2.90. The van der Waals surface area contributed by atoms with Crippen molar-refractivity contribution in [3.05, 3.63) is 87.2 Å². The summed E-state index contributed by atoms with van der Waals surface area (Å²) in [6.07, 6.45) is 2.38. The Balaban J connectivity index is 1.76. The third-order valence-corrected chi connectivity index (χ3v) is 6.12. The molecular formula is C26H24ClN3O3. The molecule has 0 spiro atoms. The highest BCUT2D eigenvalue weighted by molar-refractivity contribution is 6.39. The van der Waals surface area contributed by atoms with E-state index >= 15 is 0 Å². The second kappa shape index (κ2) is 8.71. The van der Waals surface area contributed by atoms with E-state index < -0.39 is 17.8 Å². The van der Waals surface area contributed by atoms with Gasteiger partial charge in [-0.15, -0.1) is 0 Å². The summed E-state index contributed by atoms with van der Waals surface area (Å²) in [6, 6.07) is 13.9. The van der Waals surface area contributed by atoms with Crippen LogP contribution in [-0.2, 0) is 16.0 Å². The molecule has 7 heteroatoms. The number of rotatable bonds is 4. The van der Waals surface area contributed by atoms with Gasteiger partial charge >= 0.3 is 6.03 Å². The molecule has 0 atom stereocenters. The molecule has 0 bridgehead atoms. The number of aromatic nitrogens is 1. The summed E-state index contributed by atoms with van der Waals surface area (Å²) >= 11 is 6.22. The molecule has 2 heterocycles. The van der Waals surface area contributed by atoms with E-state index in [-0.39, 0.29) is 5.57 Å². The number of benzene rings is 2. The third kappa shape index (κ3) is 4.10. The minimum Gasteiger partial charge on any atom is -0.318 e. The molecule has 0 saturated carbocycles. The normalized spacial score (nSPS) is 15.4. The van der Waals surface area contributed by atoms with Crippen LogP contribution in [0.2, 0.25) is 5.02 Å². The van der Waals surface area contributed by atoms with Crippen LogP contribution in [0.1, 0.15) is 35.0 Å². The lowest BCUT2D eigenvalue weighted by Gasteiger charge is -2.26. The Morgan fingerprint density at radius 3 is 2.33 bits per heavy atom. The molecule has 0 unspecified atom stereocenters. The van der Waals surface area contributed by atoms with Crippen LogP contribution in [0.25, 0.3) is 11.8 Å². The maximum atomic E-state index is 13.2. The van der Waals surface area contributed by atoms with Crippen molar-refractivity contribution in [2.45, 2.75) is 34.1 Å². The van der Waals surface area contributed by atoms with Gasteiger partial charge in [-0.3, -0.25) is 14.9 Å². The molecular weight excluding hydrogens is 438 g/mol. The quantitative estimate of drug-likeness (QED) is 0.424. The first-order valence-electron chi connectivity index (χ1n) is 10.7. The van der Waals surface area contributed by atoms with Crippen molar-refractivity contribution in [2.24, 2.45) is 0 Å². The number of barbiturate groups is 1. The Kier molecular flexibility index (Phi) is 5.95. The van der Waals surface area contributed by atoms with Crippen LogP contribution in [0.15, 0.2) is 54.1 Å². The van der Waals surface area contributed by atoms with Gasteiger partial charge < -0.3 is 4.57 Å². The van der Waals surface area contributed by atoms with Gasteiger partial charge in [0.25, 0.3) is 11.8 Å². The molecule has 33 heavy (non-hydrogen) atoms. The number of urea groups is 1. The number of imide groups is 2. The van der Waals surface area contributed by atoms with Crippen LogP contribution in [0.4, 0.5) is 10.5 Å². The van der Waals surface area contributed by atoms with Gasteiger partial charge in [-0.2, -0.15) is 0 Å². The van der Waals surface area contributed by atoms with Gasteiger partial charge in [-0.05, 0) is 80.3 Å². The van der Waals surface area contributed by atoms with Crippen molar-refractivity contribution in [3.63, 3.8) is 0 Å². The van der Waals surface area contributed by atoms with E-state index in [0.717, 1.165) is 39.5 Å². The number of nitrogens with zero attached hydrogens (tertiary/aromatic N) is 2. The molecule has 0 aliphatic carbocycles. The van der Waals surface area contributed by atoms with Gasteiger partial charge in [0.2, 0.25) is 0 Å². The van der Waals surface area contributed by atoms with Crippen LogP contribution in [0.3, 0.4) is 0 Å². The van der Waals surface area contributed by atoms with Crippen molar-refractivity contribution in [1.82, 2.24) is 9.88 Å². The smallest absolute Gasteiger partial charge is 0.318 e. The van der Waals surface area contributed by atoms with E-state index in [1.807, 2.05) is 68.7 Å². The lowest BCUT2D eigenvalue weighted by Crippen LogP contribution is -2.54. The van der Waals surface area contributed by atoms with Crippen LogP contribution < -0.4 is 10.2 Å². The first kappa shape index (κ1) is 22.6. The Morgan fingerprint density at radius 2 is 1.67 bits per heavy atom. The number of aryl methyl sites for hydroxylation is 3. The lowest BCUT2D eigenvalue weighted by molar-refractivity contribution is -0.122. The van der Waals surface area contributed by atoms with E-state index in [1.165, 1.54) is 6.08 Å². The SMILES string of the molecule is CCc1ccc(N2C(=O)NC(=O)/C(=C/c3cc(C)n(-c4cc(Cl)ccc4C)c3C)C2=O)cc1. The highest BCUT2D eigenvalue weighted by Crippen LogP contribution is 2.28. The molecule has 1 N–H and O–H groups in total. The Bertz CT molecular complexity index is 1320. The van der Waals surface area contributed by atoms with Gasteiger partial charge in [-0.25, -0.2) is 9.69 Å². The topological polar surface area (TPSA) is 71.4 Å². The number of halogens is 1. The molecule has 168 valence electrons. The standard InChI is InChI=1S/C26H24ClN3O3/c1-5-18-7-10-21(11-8-18)30-25(32)22(24(31)28-26(30)33)13-19-12-16(3)29(17(19)4)23-14-20(27)9-6-15(23)2/h6-14H,5H2,1-4H3,(H,28,31,33)/b22-13-. The first-order valence-corrected chi connectivity index (χ1v) is 11.0. The minimum absolute atomic E-state index is 0.0998. The van der Waals surface area contributed by atoms with Gasteiger partial charge in [0.15, 0.2) is 0 Å². The summed E-state index contributed by atoms with van der Waals surface area (Å²) in [4.78, 5) is 39.3. The Morgan fingerprint density at radius 1 is 0.970 bits per heavy atom. The maximum Gasteiger partial charge on any atom is 0.335 e. The third-order valence-electron chi connectivity index (χ3n) is 5.89. The number of nitrogens with one attached hydrogen (secondary N) is 1. The van der Waals surface area contributed by atoms with Crippen LogP contribution in [0, 0.1) is 20.8 Å². The van der Waals surface area contributed by atoms with Crippen molar-refractivity contribution in [2.75, 3.05) is 4.90 Å². The molecule has 4 rings (SSSR count). The predicted molar refractivity (Wildman–Crippen MR) is 130 cm³/mol. The van der Waals surface area contributed by atoms with Crippen molar-refractivity contribution < 1.29 is 14.4 Å².